The molecule has 3 aromatic rings. The molecular formula is C22H23N5O2S. The summed E-state index contributed by atoms with van der Waals surface area (Å²) in [4.78, 5) is 24.9. The van der Waals surface area contributed by atoms with Crippen molar-refractivity contribution in [2.75, 3.05) is 11.1 Å². The summed E-state index contributed by atoms with van der Waals surface area (Å²) >= 11 is 1.32. The molecule has 8 heteroatoms. The zero-order chi connectivity index (χ0) is 20.9. The minimum atomic E-state index is -0.140. The average Bonchev–Trinajstić information content (AvgIpc) is 3.18. The fourth-order valence-electron chi connectivity index (χ4n) is 3.58. The zero-order valence-electron chi connectivity index (χ0n) is 16.7. The first-order valence-electron chi connectivity index (χ1n) is 9.85. The molecule has 1 atom stereocenters. The number of aryl methyl sites for hydroxylation is 2. The summed E-state index contributed by atoms with van der Waals surface area (Å²) in [6, 6.07) is 15.3. The molecule has 30 heavy (non-hydrogen) atoms. The Hall–Kier alpha value is -3.13. The fraction of sp³-hybridized carbons (Fsp3) is 0.273. The second kappa shape index (κ2) is 9.13. The summed E-state index contributed by atoms with van der Waals surface area (Å²) in [7, 11) is 1.83. The molecule has 0 aliphatic heterocycles. The van der Waals surface area contributed by atoms with E-state index in [2.05, 4.69) is 33.0 Å². The van der Waals surface area contributed by atoms with E-state index in [4.69, 9.17) is 0 Å². The van der Waals surface area contributed by atoms with Crippen molar-refractivity contribution < 1.29 is 9.59 Å². The number of carbonyl (C=O) groups is 2. The number of hydrogen-bond donors (Lipinski definition) is 2. The number of anilines is 1. The van der Waals surface area contributed by atoms with Crippen molar-refractivity contribution in [2.24, 2.45) is 7.05 Å². The first-order valence-corrected chi connectivity index (χ1v) is 10.8. The summed E-state index contributed by atoms with van der Waals surface area (Å²) in [5.74, 6) is -0.0120. The second-order valence-electron chi connectivity index (χ2n) is 7.26. The summed E-state index contributed by atoms with van der Waals surface area (Å²) in [5, 5.41) is 14.4. The highest BCUT2D eigenvalue weighted by Gasteiger charge is 2.21. The van der Waals surface area contributed by atoms with Gasteiger partial charge in [0, 0.05) is 18.3 Å². The molecule has 1 heterocycles. The van der Waals surface area contributed by atoms with Gasteiger partial charge in [-0.1, -0.05) is 36.0 Å². The van der Waals surface area contributed by atoms with E-state index in [0.29, 0.717) is 16.4 Å². The van der Waals surface area contributed by atoms with Crippen LogP contribution in [0.15, 0.2) is 60.0 Å². The molecule has 1 aliphatic carbocycles. The van der Waals surface area contributed by atoms with E-state index in [1.54, 1.807) is 35.2 Å². The van der Waals surface area contributed by atoms with Gasteiger partial charge in [0.05, 0.1) is 11.8 Å². The first kappa shape index (κ1) is 20.2. The van der Waals surface area contributed by atoms with Crippen LogP contribution < -0.4 is 10.6 Å². The van der Waals surface area contributed by atoms with Crippen LogP contribution in [0.25, 0.3) is 0 Å². The molecule has 154 valence electrons. The van der Waals surface area contributed by atoms with Crippen LogP contribution in [-0.4, -0.2) is 32.3 Å². The van der Waals surface area contributed by atoms with E-state index in [0.717, 1.165) is 19.3 Å². The van der Waals surface area contributed by atoms with Crippen molar-refractivity contribution in [3.63, 3.8) is 0 Å². The van der Waals surface area contributed by atoms with Crippen molar-refractivity contribution in [3.05, 3.63) is 71.5 Å². The third-order valence-electron chi connectivity index (χ3n) is 5.11. The lowest BCUT2D eigenvalue weighted by Crippen LogP contribution is -2.30. The largest absolute Gasteiger partial charge is 0.345 e. The van der Waals surface area contributed by atoms with Crippen LogP contribution in [0.3, 0.4) is 0 Å². The number of fused-ring (bicyclic) bond motifs is 1. The van der Waals surface area contributed by atoms with Gasteiger partial charge in [0.1, 0.15) is 6.33 Å². The Morgan fingerprint density at radius 2 is 1.97 bits per heavy atom. The van der Waals surface area contributed by atoms with Crippen LogP contribution in [0.2, 0.25) is 0 Å². The summed E-state index contributed by atoms with van der Waals surface area (Å²) < 4.78 is 1.76. The molecular weight excluding hydrogens is 398 g/mol. The molecule has 2 amide bonds. The quantitative estimate of drug-likeness (QED) is 0.596. The number of rotatable bonds is 6. The van der Waals surface area contributed by atoms with Crippen LogP contribution in [0.5, 0.6) is 0 Å². The van der Waals surface area contributed by atoms with Gasteiger partial charge in [-0.25, -0.2) is 0 Å². The Morgan fingerprint density at radius 3 is 2.73 bits per heavy atom. The highest BCUT2D eigenvalue weighted by atomic mass is 32.2. The lowest BCUT2D eigenvalue weighted by molar-refractivity contribution is -0.113. The van der Waals surface area contributed by atoms with Gasteiger partial charge in [0.15, 0.2) is 5.16 Å². The predicted octanol–water partition coefficient (Wildman–Crippen LogP) is 3.35. The van der Waals surface area contributed by atoms with Gasteiger partial charge in [-0.05, 0) is 54.7 Å². The third kappa shape index (κ3) is 4.71. The minimum absolute atomic E-state index is 0.0412. The maximum Gasteiger partial charge on any atom is 0.251 e. The second-order valence-corrected chi connectivity index (χ2v) is 8.20. The number of thioether (sulfide) groups is 1. The summed E-state index contributed by atoms with van der Waals surface area (Å²) in [6.45, 7) is 0. The lowest BCUT2D eigenvalue weighted by atomic mass is 9.87. The molecule has 7 nitrogen and oxygen atoms in total. The molecule has 0 unspecified atom stereocenters. The molecule has 0 radical (unpaired) electrons. The van der Waals surface area contributed by atoms with Crippen LogP contribution in [-0.2, 0) is 18.3 Å². The topological polar surface area (TPSA) is 88.9 Å². The van der Waals surface area contributed by atoms with Crippen LogP contribution in [0.4, 0.5) is 5.69 Å². The molecule has 1 aliphatic rings. The zero-order valence-corrected chi connectivity index (χ0v) is 17.5. The number of nitrogens with one attached hydrogen (secondary N) is 2. The molecule has 0 fully saturated rings. The Balaban J connectivity index is 1.32. The van der Waals surface area contributed by atoms with E-state index in [1.807, 2.05) is 19.2 Å². The minimum Gasteiger partial charge on any atom is -0.345 e. The smallest absolute Gasteiger partial charge is 0.251 e. The number of carbonyl (C=O) groups excluding carboxylic acids is 2. The Bertz CT molecular complexity index is 1050. The molecule has 4 rings (SSSR count). The van der Waals surface area contributed by atoms with Crippen molar-refractivity contribution in [1.29, 1.82) is 0 Å². The average molecular weight is 422 g/mol. The van der Waals surface area contributed by atoms with Crippen LogP contribution >= 0.6 is 11.8 Å². The van der Waals surface area contributed by atoms with E-state index in [1.165, 1.54) is 22.9 Å². The van der Waals surface area contributed by atoms with Crippen LogP contribution in [0.1, 0.15) is 40.4 Å². The Labute approximate surface area is 179 Å². The molecule has 1 aromatic heterocycles. The Kier molecular flexibility index (Phi) is 6.13. The lowest BCUT2D eigenvalue weighted by Gasteiger charge is -2.26. The normalized spacial score (nSPS) is 15.3. The Morgan fingerprint density at radius 1 is 1.17 bits per heavy atom. The molecule has 0 spiro atoms. The molecule has 2 N–H and O–H groups in total. The summed E-state index contributed by atoms with van der Waals surface area (Å²) in [5.41, 5.74) is 3.75. The first-order chi connectivity index (χ1) is 14.6. The molecule has 0 bridgehead atoms. The van der Waals surface area contributed by atoms with Gasteiger partial charge in [-0.3, -0.25) is 9.59 Å². The van der Waals surface area contributed by atoms with Gasteiger partial charge < -0.3 is 15.2 Å². The number of hydrogen-bond acceptors (Lipinski definition) is 5. The number of amides is 2. The highest BCUT2D eigenvalue weighted by Crippen LogP contribution is 2.29. The molecule has 0 saturated heterocycles. The van der Waals surface area contributed by atoms with E-state index in [-0.39, 0.29) is 23.6 Å². The van der Waals surface area contributed by atoms with E-state index in [9.17, 15) is 9.59 Å². The van der Waals surface area contributed by atoms with Crippen LogP contribution in [0, 0.1) is 0 Å². The maximum absolute atomic E-state index is 12.7. The van der Waals surface area contributed by atoms with Gasteiger partial charge >= 0.3 is 0 Å². The SMILES string of the molecule is Cn1cnnc1SCC(=O)Nc1ccc(C(=O)N[C@H]2CCCc3ccccc32)cc1. The van der Waals surface area contributed by atoms with E-state index >= 15 is 0 Å². The van der Waals surface area contributed by atoms with Crippen molar-refractivity contribution >= 4 is 29.3 Å². The van der Waals surface area contributed by atoms with Gasteiger partial charge in [-0.2, -0.15) is 0 Å². The predicted molar refractivity (Wildman–Crippen MR) is 116 cm³/mol. The van der Waals surface area contributed by atoms with E-state index < -0.39 is 0 Å². The van der Waals surface area contributed by atoms with Gasteiger partial charge in [-0.15, -0.1) is 10.2 Å². The fourth-order valence-corrected chi connectivity index (χ4v) is 4.27. The number of nitrogens with zero attached hydrogens (tertiary/aromatic N) is 3. The molecule has 0 saturated carbocycles. The van der Waals surface area contributed by atoms with Gasteiger partial charge in [0.25, 0.3) is 5.91 Å². The maximum atomic E-state index is 12.7. The monoisotopic (exact) mass is 421 g/mol. The third-order valence-corrected chi connectivity index (χ3v) is 6.14. The van der Waals surface area contributed by atoms with Crippen molar-refractivity contribution in [1.82, 2.24) is 20.1 Å². The number of aromatic nitrogens is 3. The van der Waals surface area contributed by atoms with Crippen molar-refractivity contribution in [2.45, 2.75) is 30.5 Å². The van der Waals surface area contributed by atoms with Gasteiger partial charge in [0.2, 0.25) is 5.91 Å². The highest BCUT2D eigenvalue weighted by molar-refractivity contribution is 7.99. The summed E-state index contributed by atoms with van der Waals surface area (Å²) in [6.07, 6.45) is 4.67. The molecule has 2 aromatic carbocycles. The standard InChI is InChI=1S/C22H23N5O2S/c1-27-14-23-26-22(27)30-13-20(28)24-17-11-9-16(10-12-17)21(29)25-19-8-4-6-15-5-2-3-7-18(15)19/h2-3,5,7,9-12,14,19H,4,6,8,13H2,1H3,(H,24,28)(H,25,29)/t19-/m0/s1. The number of benzene rings is 2. The van der Waals surface area contributed by atoms with Crippen molar-refractivity contribution in [3.8, 4) is 0 Å².